The van der Waals surface area contributed by atoms with Crippen molar-refractivity contribution >= 4 is 5.82 Å². The zero-order chi connectivity index (χ0) is 19.7. The SMILES string of the molecule is [C-]#[N+]c1cc(C(C)(C)c2cc(C)n(-c3[c-]cccc3)n2)nn1-c1[c-]cccc1.[Pt+2]. The molecule has 29 heavy (non-hydrogen) atoms. The molecule has 146 valence electrons. The molecule has 0 aliphatic rings. The molecule has 0 spiro atoms. The number of hydrogen-bond acceptors (Lipinski definition) is 2. The van der Waals surface area contributed by atoms with E-state index in [0.29, 0.717) is 5.82 Å². The largest absolute Gasteiger partial charge is 2.00 e. The first-order valence-corrected chi connectivity index (χ1v) is 9.00. The quantitative estimate of drug-likeness (QED) is 0.335. The molecule has 2 heterocycles. The summed E-state index contributed by atoms with van der Waals surface area (Å²) in [7, 11) is 0. The third-order valence-corrected chi connectivity index (χ3v) is 4.81. The fourth-order valence-electron chi connectivity index (χ4n) is 3.12. The van der Waals surface area contributed by atoms with Crippen LogP contribution in [0.5, 0.6) is 0 Å². The number of aromatic nitrogens is 4. The van der Waals surface area contributed by atoms with Crippen LogP contribution in [0, 0.1) is 25.6 Å². The van der Waals surface area contributed by atoms with Crippen LogP contribution in [0.15, 0.2) is 60.7 Å². The van der Waals surface area contributed by atoms with Crippen molar-refractivity contribution in [1.29, 1.82) is 0 Å². The Labute approximate surface area is 185 Å². The van der Waals surface area contributed by atoms with Crippen LogP contribution in [-0.2, 0) is 26.5 Å². The number of nitrogens with zero attached hydrogens (tertiary/aromatic N) is 5. The van der Waals surface area contributed by atoms with Gasteiger partial charge in [0, 0.05) is 11.4 Å². The molecule has 2 aromatic carbocycles. The molecule has 4 rings (SSSR count). The molecule has 0 aliphatic carbocycles. The van der Waals surface area contributed by atoms with E-state index in [2.05, 4.69) is 36.9 Å². The second-order valence-electron chi connectivity index (χ2n) is 7.11. The summed E-state index contributed by atoms with van der Waals surface area (Å²) in [6.45, 7) is 13.7. The van der Waals surface area contributed by atoms with Gasteiger partial charge >= 0.3 is 21.1 Å². The van der Waals surface area contributed by atoms with Crippen LogP contribution in [0.2, 0.25) is 0 Å². The fraction of sp³-hybridized carbons (Fsp3) is 0.174. The molecule has 4 aromatic rings. The zero-order valence-corrected chi connectivity index (χ0v) is 18.6. The average molecular weight is 561 g/mol. The van der Waals surface area contributed by atoms with Crippen LogP contribution < -0.4 is 0 Å². The number of benzene rings is 2. The van der Waals surface area contributed by atoms with Gasteiger partial charge < -0.3 is 4.85 Å². The Balaban J connectivity index is 0.00000240. The maximum atomic E-state index is 7.53. The van der Waals surface area contributed by atoms with Gasteiger partial charge in [-0.2, -0.15) is 52.2 Å². The summed E-state index contributed by atoms with van der Waals surface area (Å²) in [6.07, 6.45) is 0. The van der Waals surface area contributed by atoms with E-state index in [1.54, 1.807) is 4.68 Å². The summed E-state index contributed by atoms with van der Waals surface area (Å²) in [4.78, 5) is 3.64. The van der Waals surface area contributed by atoms with E-state index in [9.17, 15) is 0 Å². The Morgan fingerprint density at radius 3 is 2.00 bits per heavy atom. The summed E-state index contributed by atoms with van der Waals surface area (Å²) in [5.41, 5.74) is 3.87. The van der Waals surface area contributed by atoms with E-state index in [-0.39, 0.29) is 21.1 Å². The van der Waals surface area contributed by atoms with Gasteiger partial charge in [0.2, 0.25) is 0 Å². The van der Waals surface area contributed by atoms with Crippen molar-refractivity contribution in [3.05, 3.63) is 101 Å². The van der Waals surface area contributed by atoms with Gasteiger partial charge in [0.05, 0.1) is 16.8 Å². The monoisotopic (exact) mass is 560 g/mol. The summed E-state index contributed by atoms with van der Waals surface area (Å²) in [5.74, 6) is 0.457. The number of aryl methyl sites for hydroxylation is 1. The summed E-state index contributed by atoms with van der Waals surface area (Å²) in [6, 6.07) is 25.5. The molecule has 0 saturated heterocycles. The molecule has 0 fully saturated rings. The van der Waals surface area contributed by atoms with Crippen molar-refractivity contribution in [2.75, 3.05) is 0 Å². The van der Waals surface area contributed by atoms with Gasteiger partial charge in [0.15, 0.2) is 0 Å². The van der Waals surface area contributed by atoms with Crippen LogP contribution in [0.1, 0.15) is 30.9 Å². The molecule has 0 aliphatic heterocycles. The molecule has 0 saturated carbocycles. The van der Waals surface area contributed by atoms with Gasteiger partial charge in [-0.25, -0.2) is 0 Å². The summed E-state index contributed by atoms with van der Waals surface area (Å²) in [5, 5.41) is 9.54. The zero-order valence-electron chi connectivity index (χ0n) is 16.3. The van der Waals surface area contributed by atoms with Gasteiger partial charge in [0.1, 0.15) is 0 Å². The van der Waals surface area contributed by atoms with Gasteiger partial charge in [-0.05, 0) is 38.6 Å². The molecule has 0 atom stereocenters. The van der Waals surface area contributed by atoms with E-state index in [0.717, 1.165) is 28.5 Å². The van der Waals surface area contributed by atoms with Crippen LogP contribution in [0.25, 0.3) is 16.2 Å². The molecular formula is C23H19N5Pt. The van der Waals surface area contributed by atoms with Crippen LogP contribution in [0.3, 0.4) is 0 Å². The summed E-state index contributed by atoms with van der Waals surface area (Å²) >= 11 is 0. The van der Waals surface area contributed by atoms with Crippen molar-refractivity contribution in [2.45, 2.75) is 26.2 Å². The first kappa shape index (κ1) is 20.8. The summed E-state index contributed by atoms with van der Waals surface area (Å²) < 4.78 is 3.52. The molecule has 2 aromatic heterocycles. The van der Waals surface area contributed by atoms with Crippen molar-refractivity contribution in [2.24, 2.45) is 0 Å². The molecule has 0 bridgehead atoms. The number of para-hydroxylation sites is 2. The van der Waals surface area contributed by atoms with E-state index < -0.39 is 5.41 Å². The van der Waals surface area contributed by atoms with E-state index in [1.165, 1.54) is 0 Å². The molecule has 0 amide bonds. The maximum Gasteiger partial charge on any atom is 2.00 e. The van der Waals surface area contributed by atoms with Gasteiger partial charge in [0.25, 0.3) is 5.82 Å². The minimum absolute atomic E-state index is 0. The predicted molar refractivity (Wildman–Crippen MR) is 108 cm³/mol. The Kier molecular flexibility index (Phi) is 5.86. The van der Waals surface area contributed by atoms with Crippen LogP contribution >= 0.6 is 0 Å². The minimum Gasteiger partial charge on any atom is -0.362 e. The molecule has 5 nitrogen and oxygen atoms in total. The molecule has 0 N–H and O–H groups in total. The fourth-order valence-corrected chi connectivity index (χ4v) is 3.12. The van der Waals surface area contributed by atoms with Crippen molar-refractivity contribution < 1.29 is 21.1 Å². The third kappa shape index (κ3) is 3.81. The number of hydrogen-bond donors (Lipinski definition) is 0. The van der Waals surface area contributed by atoms with Crippen molar-refractivity contribution in [1.82, 2.24) is 19.6 Å². The van der Waals surface area contributed by atoms with Crippen LogP contribution in [0.4, 0.5) is 5.82 Å². The Morgan fingerprint density at radius 2 is 1.45 bits per heavy atom. The molecule has 0 unspecified atom stereocenters. The second-order valence-corrected chi connectivity index (χ2v) is 7.11. The Morgan fingerprint density at radius 1 is 0.897 bits per heavy atom. The third-order valence-electron chi connectivity index (χ3n) is 4.81. The molecule has 6 heteroatoms. The number of rotatable bonds is 4. The van der Waals surface area contributed by atoms with Crippen LogP contribution in [-0.4, -0.2) is 19.6 Å². The van der Waals surface area contributed by atoms with E-state index in [1.807, 2.05) is 66.2 Å². The van der Waals surface area contributed by atoms with Gasteiger partial charge in [-0.15, -0.1) is 23.3 Å². The molecular weight excluding hydrogens is 541 g/mol. The maximum absolute atomic E-state index is 7.53. The standard InChI is InChI=1S/C23H19N5.Pt/c1-17-15-20(25-27(17)18-11-7-5-8-12-18)23(2,3)21-16-22(24-4)28(26-21)19-13-9-6-10-14-19;/h5-11,13,15-16H,1-3H3;/q-2;+2. The van der Waals surface area contributed by atoms with Crippen molar-refractivity contribution in [3.8, 4) is 11.4 Å². The van der Waals surface area contributed by atoms with Gasteiger partial charge in [-0.1, -0.05) is 6.57 Å². The topological polar surface area (TPSA) is 40.0 Å². The Hall–Kier alpha value is -2.96. The molecule has 0 radical (unpaired) electrons. The van der Waals surface area contributed by atoms with E-state index in [4.69, 9.17) is 16.8 Å². The van der Waals surface area contributed by atoms with E-state index >= 15 is 0 Å². The normalized spacial score (nSPS) is 11.0. The minimum atomic E-state index is -0.468. The first-order valence-electron chi connectivity index (χ1n) is 9.00. The van der Waals surface area contributed by atoms with Crippen molar-refractivity contribution in [3.63, 3.8) is 0 Å². The average Bonchev–Trinajstić information content (AvgIpc) is 3.34. The smallest absolute Gasteiger partial charge is 0.362 e. The predicted octanol–water partition coefficient (Wildman–Crippen LogP) is 4.84. The Bertz CT molecular complexity index is 1150. The first-order chi connectivity index (χ1) is 13.5. The van der Waals surface area contributed by atoms with Gasteiger partial charge in [-0.3, -0.25) is 4.68 Å². The second kappa shape index (κ2) is 8.19.